The average Bonchev–Trinajstić information content (AvgIpc) is 3.00. The molecule has 3 heterocycles. The Labute approximate surface area is 123 Å². The standard InChI is InChI=1S/C15H20N2O2S/c1-3-6-17-13-8-16(7-12-5-4-11(2)20-12)9-14(13)19-10-15(17)18/h3-5,13-14H,1,6-10H2,2H3. The molecule has 0 radical (unpaired) electrons. The summed E-state index contributed by atoms with van der Waals surface area (Å²) in [5.41, 5.74) is 0. The molecule has 1 amide bonds. The Hall–Kier alpha value is -1.17. The minimum absolute atomic E-state index is 0.0833. The third-order valence-corrected chi connectivity index (χ3v) is 4.94. The number of hydrogen-bond acceptors (Lipinski definition) is 4. The second kappa shape index (κ2) is 5.68. The maximum atomic E-state index is 11.9. The predicted octanol–water partition coefficient (Wildman–Crippen LogP) is 1.65. The Bertz CT molecular complexity index is 514. The number of hydrogen-bond donors (Lipinski definition) is 0. The summed E-state index contributed by atoms with van der Waals surface area (Å²) in [6.45, 7) is 9.45. The number of aryl methyl sites for hydroxylation is 1. The minimum Gasteiger partial charge on any atom is -0.365 e. The molecule has 0 spiro atoms. The van der Waals surface area contributed by atoms with Gasteiger partial charge in [-0.2, -0.15) is 0 Å². The fourth-order valence-corrected chi connectivity index (χ4v) is 3.97. The van der Waals surface area contributed by atoms with Crippen molar-refractivity contribution in [2.24, 2.45) is 0 Å². The van der Waals surface area contributed by atoms with Gasteiger partial charge in [0, 0.05) is 35.9 Å². The van der Waals surface area contributed by atoms with Crippen LogP contribution in [0.3, 0.4) is 0 Å². The zero-order valence-corrected chi connectivity index (χ0v) is 12.6. The lowest BCUT2D eigenvalue weighted by molar-refractivity contribution is -0.151. The average molecular weight is 292 g/mol. The van der Waals surface area contributed by atoms with Gasteiger partial charge in [0.05, 0.1) is 12.1 Å². The molecule has 20 heavy (non-hydrogen) atoms. The molecule has 0 bridgehead atoms. The van der Waals surface area contributed by atoms with Gasteiger partial charge in [-0.3, -0.25) is 9.69 Å². The SMILES string of the molecule is C=CCN1C(=O)COC2CN(Cc3ccc(C)s3)CC21. The van der Waals surface area contributed by atoms with Crippen molar-refractivity contribution in [3.05, 3.63) is 34.5 Å². The highest BCUT2D eigenvalue weighted by atomic mass is 32.1. The second-order valence-electron chi connectivity index (χ2n) is 5.46. The van der Waals surface area contributed by atoms with Gasteiger partial charge in [0.15, 0.2) is 0 Å². The minimum atomic E-state index is 0.0833. The summed E-state index contributed by atoms with van der Waals surface area (Å²) in [5.74, 6) is 0.0833. The highest BCUT2D eigenvalue weighted by Gasteiger charge is 2.42. The van der Waals surface area contributed by atoms with E-state index in [4.69, 9.17) is 4.74 Å². The quantitative estimate of drug-likeness (QED) is 0.791. The molecule has 3 rings (SSSR count). The predicted molar refractivity (Wildman–Crippen MR) is 79.8 cm³/mol. The molecule has 2 unspecified atom stereocenters. The Kier molecular flexibility index (Phi) is 3.92. The van der Waals surface area contributed by atoms with Crippen LogP contribution in [-0.4, -0.2) is 54.1 Å². The third kappa shape index (κ3) is 2.66. The molecule has 2 fully saturated rings. The van der Waals surface area contributed by atoms with Crippen molar-refractivity contribution in [3.63, 3.8) is 0 Å². The number of thiophene rings is 1. The molecule has 2 saturated heterocycles. The Balaban J connectivity index is 1.67. The first-order chi connectivity index (χ1) is 9.67. The van der Waals surface area contributed by atoms with Gasteiger partial charge in [-0.25, -0.2) is 0 Å². The van der Waals surface area contributed by atoms with Crippen molar-refractivity contribution < 1.29 is 9.53 Å². The molecular formula is C15H20N2O2S. The zero-order valence-electron chi connectivity index (χ0n) is 11.7. The molecule has 0 N–H and O–H groups in total. The van der Waals surface area contributed by atoms with Crippen molar-refractivity contribution in [1.82, 2.24) is 9.80 Å². The van der Waals surface area contributed by atoms with Crippen molar-refractivity contribution >= 4 is 17.2 Å². The van der Waals surface area contributed by atoms with Gasteiger partial charge in [0.1, 0.15) is 6.61 Å². The van der Waals surface area contributed by atoms with Gasteiger partial charge in [-0.05, 0) is 19.1 Å². The van der Waals surface area contributed by atoms with Gasteiger partial charge >= 0.3 is 0 Å². The molecule has 1 aromatic heterocycles. The summed E-state index contributed by atoms with van der Waals surface area (Å²) in [6.07, 6.45) is 1.94. The monoisotopic (exact) mass is 292 g/mol. The van der Waals surface area contributed by atoms with Crippen molar-refractivity contribution in [1.29, 1.82) is 0 Å². The molecule has 0 aromatic carbocycles. The van der Waals surface area contributed by atoms with E-state index in [-0.39, 0.29) is 24.7 Å². The lowest BCUT2D eigenvalue weighted by Crippen LogP contribution is -2.53. The van der Waals surface area contributed by atoms with Crippen LogP contribution in [0.25, 0.3) is 0 Å². The van der Waals surface area contributed by atoms with Crippen molar-refractivity contribution in [2.45, 2.75) is 25.6 Å². The summed E-state index contributed by atoms with van der Waals surface area (Å²) < 4.78 is 5.70. The van der Waals surface area contributed by atoms with E-state index in [0.29, 0.717) is 6.54 Å². The summed E-state index contributed by atoms with van der Waals surface area (Å²) >= 11 is 1.84. The van der Waals surface area contributed by atoms with E-state index >= 15 is 0 Å². The van der Waals surface area contributed by atoms with Crippen LogP contribution in [0.5, 0.6) is 0 Å². The number of likely N-dealkylation sites (tertiary alicyclic amines) is 1. The third-order valence-electron chi connectivity index (χ3n) is 3.96. The molecule has 4 nitrogen and oxygen atoms in total. The van der Waals surface area contributed by atoms with Gasteiger partial charge in [-0.15, -0.1) is 17.9 Å². The second-order valence-corrected chi connectivity index (χ2v) is 6.83. The Morgan fingerprint density at radius 1 is 1.50 bits per heavy atom. The van der Waals surface area contributed by atoms with E-state index in [2.05, 4.69) is 30.5 Å². The summed E-state index contributed by atoms with van der Waals surface area (Å²) in [6, 6.07) is 4.53. The molecule has 0 saturated carbocycles. The summed E-state index contributed by atoms with van der Waals surface area (Å²) in [7, 11) is 0. The van der Waals surface area contributed by atoms with E-state index < -0.39 is 0 Å². The Morgan fingerprint density at radius 2 is 2.35 bits per heavy atom. The van der Waals surface area contributed by atoms with E-state index in [1.807, 2.05) is 16.2 Å². The number of rotatable bonds is 4. The first-order valence-corrected chi connectivity index (χ1v) is 7.78. The molecule has 2 atom stereocenters. The lowest BCUT2D eigenvalue weighted by Gasteiger charge is -2.36. The lowest BCUT2D eigenvalue weighted by atomic mass is 10.1. The van der Waals surface area contributed by atoms with Crippen LogP contribution >= 0.6 is 11.3 Å². The number of nitrogens with zero attached hydrogens (tertiary/aromatic N) is 2. The zero-order chi connectivity index (χ0) is 14.1. The van der Waals surface area contributed by atoms with Crippen LogP contribution in [0.2, 0.25) is 0 Å². The number of carbonyl (C=O) groups excluding carboxylic acids is 1. The smallest absolute Gasteiger partial charge is 0.249 e. The number of fused-ring (bicyclic) bond motifs is 1. The van der Waals surface area contributed by atoms with Crippen LogP contribution in [0, 0.1) is 6.92 Å². The van der Waals surface area contributed by atoms with Crippen LogP contribution < -0.4 is 0 Å². The van der Waals surface area contributed by atoms with Crippen molar-refractivity contribution in [3.8, 4) is 0 Å². The topological polar surface area (TPSA) is 32.8 Å². The molecule has 2 aliphatic rings. The van der Waals surface area contributed by atoms with Gasteiger partial charge in [0.2, 0.25) is 5.91 Å². The maximum absolute atomic E-state index is 11.9. The maximum Gasteiger partial charge on any atom is 0.249 e. The summed E-state index contributed by atoms with van der Waals surface area (Å²) in [4.78, 5) is 19.0. The van der Waals surface area contributed by atoms with E-state index in [9.17, 15) is 4.79 Å². The number of ether oxygens (including phenoxy) is 1. The van der Waals surface area contributed by atoms with Crippen LogP contribution in [0.4, 0.5) is 0 Å². The largest absolute Gasteiger partial charge is 0.365 e. The molecule has 1 aromatic rings. The first-order valence-electron chi connectivity index (χ1n) is 6.97. The number of carbonyl (C=O) groups is 1. The van der Waals surface area contributed by atoms with Crippen molar-refractivity contribution in [2.75, 3.05) is 26.2 Å². The highest BCUT2D eigenvalue weighted by Crippen LogP contribution is 2.26. The van der Waals surface area contributed by atoms with E-state index in [0.717, 1.165) is 19.6 Å². The number of morpholine rings is 1. The molecule has 0 aliphatic carbocycles. The van der Waals surface area contributed by atoms with Crippen LogP contribution in [0.15, 0.2) is 24.8 Å². The number of amides is 1. The van der Waals surface area contributed by atoms with Crippen LogP contribution in [-0.2, 0) is 16.1 Å². The fourth-order valence-electron chi connectivity index (χ4n) is 3.04. The molecule has 2 aliphatic heterocycles. The first kappa shape index (κ1) is 13.8. The normalized spacial score (nSPS) is 26.9. The molecule has 5 heteroatoms. The van der Waals surface area contributed by atoms with E-state index in [1.165, 1.54) is 9.75 Å². The fraction of sp³-hybridized carbons (Fsp3) is 0.533. The van der Waals surface area contributed by atoms with Gasteiger partial charge < -0.3 is 9.64 Å². The van der Waals surface area contributed by atoms with E-state index in [1.54, 1.807) is 6.08 Å². The Morgan fingerprint density at radius 3 is 3.05 bits per heavy atom. The molecular weight excluding hydrogens is 272 g/mol. The summed E-state index contributed by atoms with van der Waals surface area (Å²) in [5, 5.41) is 0. The molecule has 108 valence electrons. The van der Waals surface area contributed by atoms with Crippen LogP contribution in [0.1, 0.15) is 9.75 Å². The van der Waals surface area contributed by atoms with Gasteiger partial charge in [-0.1, -0.05) is 6.08 Å². The van der Waals surface area contributed by atoms with Gasteiger partial charge in [0.25, 0.3) is 0 Å². The highest BCUT2D eigenvalue weighted by molar-refractivity contribution is 7.11.